The van der Waals surface area contributed by atoms with E-state index >= 15 is 0 Å². The third kappa shape index (κ3) is 3.97. The molecule has 128 valence electrons. The molecule has 0 saturated carbocycles. The fraction of sp³-hybridized carbons (Fsp3) is 0.238. The second-order valence-corrected chi connectivity index (χ2v) is 6.86. The maximum Gasteiger partial charge on any atom is 0.248 e. The van der Waals surface area contributed by atoms with E-state index in [1.807, 2.05) is 36.4 Å². The third-order valence-electron chi connectivity index (χ3n) is 3.89. The number of aromatic nitrogens is 2. The van der Waals surface area contributed by atoms with Gasteiger partial charge in [-0.25, -0.2) is 0 Å². The first-order valence-electron chi connectivity index (χ1n) is 8.26. The molecule has 1 heterocycles. The molecule has 0 radical (unpaired) electrons. The van der Waals surface area contributed by atoms with Crippen LogP contribution in [-0.4, -0.2) is 16.8 Å². The van der Waals surface area contributed by atoms with Gasteiger partial charge in [-0.3, -0.25) is 0 Å². The highest BCUT2D eigenvalue weighted by Crippen LogP contribution is 2.28. The molecule has 0 saturated heterocycles. The number of benzene rings is 2. The fourth-order valence-corrected chi connectivity index (χ4v) is 2.42. The van der Waals surface area contributed by atoms with E-state index in [0.29, 0.717) is 18.4 Å². The van der Waals surface area contributed by atoms with Crippen LogP contribution in [0.3, 0.4) is 0 Å². The molecule has 3 aromatic rings. The van der Waals surface area contributed by atoms with E-state index in [-0.39, 0.29) is 5.41 Å². The van der Waals surface area contributed by atoms with Crippen LogP contribution in [0.4, 0.5) is 0 Å². The Balaban J connectivity index is 1.79. The van der Waals surface area contributed by atoms with Crippen LogP contribution >= 0.6 is 0 Å². The summed E-state index contributed by atoms with van der Waals surface area (Å²) in [6, 6.07) is 15.8. The quantitative estimate of drug-likeness (QED) is 0.597. The molecule has 2 aromatic carbocycles. The summed E-state index contributed by atoms with van der Waals surface area (Å²) < 4.78 is 11.3. The Hall–Kier alpha value is -2.88. The standard InChI is InChI=1S/C21H22N2O2/c1-5-14-24-18-12-8-16(9-13-18)20-23-22-19(25-20)15-6-10-17(11-7-15)21(2,3)4/h5-13H,1,14H2,2-4H3. The van der Waals surface area contributed by atoms with Crippen molar-refractivity contribution >= 4 is 0 Å². The monoisotopic (exact) mass is 334 g/mol. The minimum atomic E-state index is 0.119. The highest BCUT2D eigenvalue weighted by atomic mass is 16.5. The lowest BCUT2D eigenvalue weighted by Gasteiger charge is -2.18. The predicted octanol–water partition coefficient (Wildman–Crippen LogP) is 5.27. The fourth-order valence-electron chi connectivity index (χ4n) is 2.42. The average Bonchev–Trinajstić information content (AvgIpc) is 3.10. The Morgan fingerprint density at radius 2 is 1.44 bits per heavy atom. The van der Waals surface area contributed by atoms with Crippen molar-refractivity contribution in [3.05, 3.63) is 66.7 Å². The van der Waals surface area contributed by atoms with Crippen LogP contribution < -0.4 is 4.74 Å². The van der Waals surface area contributed by atoms with E-state index < -0.39 is 0 Å². The number of nitrogens with zero attached hydrogens (tertiary/aromatic N) is 2. The molecule has 0 aliphatic carbocycles. The van der Waals surface area contributed by atoms with E-state index in [0.717, 1.165) is 16.9 Å². The summed E-state index contributed by atoms with van der Waals surface area (Å²) in [4.78, 5) is 0. The van der Waals surface area contributed by atoms with Crippen LogP contribution in [0.1, 0.15) is 26.3 Å². The van der Waals surface area contributed by atoms with Crippen molar-refractivity contribution in [2.24, 2.45) is 0 Å². The Labute approximate surface area is 148 Å². The molecule has 0 spiro atoms. The van der Waals surface area contributed by atoms with E-state index in [1.54, 1.807) is 6.08 Å². The van der Waals surface area contributed by atoms with Crippen LogP contribution in [0.5, 0.6) is 5.75 Å². The summed E-state index contributed by atoms with van der Waals surface area (Å²) in [7, 11) is 0. The van der Waals surface area contributed by atoms with Gasteiger partial charge in [0.25, 0.3) is 0 Å². The predicted molar refractivity (Wildman–Crippen MR) is 99.6 cm³/mol. The van der Waals surface area contributed by atoms with Gasteiger partial charge in [-0.1, -0.05) is 45.6 Å². The Kier molecular flexibility index (Phi) is 4.70. The highest BCUT2D eigenvalue weighted by molar-refractivity contribution is 5.59. The lowest BCUT2D eigenvalue weighted by Crippen LogP contribution is -2.10. The number of ether oxygens (including phenoxy) is 1. The first-order valence-corrected chi connectivity index (χ1v) is 8.26. The van der Waals surface area contributed by atoms with E-state index in [9.17, 15) is 0 Å². The highest BCUT2D eigenvalue weighted by Gasteiger charge is 2.15. The second kappa shape index (κ2) is 6.93. The van der Waals surface area contributed by atoms with Gasteiger partial charge in [-0.05, 0) is 47.4 Å². The zero-order chi connectivity index (χ0) is 17.9. The van der Waals surface area contributed by atoms with Crippen molar-refractivity contribution in [1.82, 2.24) is 10.2 Å². The van der Waals surface area contributed by atoms with Crippen LogP contribution in [0, 0.1) is 0 Å². The van der Waals surface area contributed by atoms with Crippen LogP contribution in [0.2, 0.25) is 0 Å². The third-order valence-corrected chi connectivity index (χ3v) is 3.89. The molecule has 3 rings (SSSR count). The Bertz CT molecular complexity index is 841. The van der Waals surface area contributed by atoms with E-state index in [1.165, 1.54) is 5.56 Å². The van der Waals surface area contributed by atoms with Gasteiger partial charge in [-0.15, -0.1) is 10.2 Å². The molecule has 0 aliphatic rings. The van der Waals surface area contributed by atoms with Gasteiger partial charge in [0, 0.05) is 11.1 Å². The summed E-state index contributed by atoms with van der Waals surface area (Å²) in [5.41, 5.74) is 3.16. The first kappa shape index (κ1) is 17.0. The van der Waals surface area contributed by atoms with Gasteiger partial charge in [0.2, 0.25) is 11.8 Å². The van der Waals surface area contributed by atoms with E-state index in [4.69, 9.17) is 9.15 Å². The van der Waals surface area contributed by atoms with Gasteiger partial charge in [0.15, 0.2) is 0 Å². The molecule has 0 amide bonds. The van der Waals surface area contributed by atoms with Crippen LogP contribution in [0.15, 0.2) is 65.6 Å². The van der Waals surface area contributed by atoms with Gasteiger partial charge in [0.05, 0.1) is 0 Å². The maximum absolute atomic E-state index is 5.82. The molecular weight excluding hydrogens is 312 g/mol. The van der Waals surface area contributed by atoms with Gasteiger partial charge in [-0.2, -0.15) is 0 Å². The zero-order valence-electron chi connectivity index (χ0n) is 14.8. The molecule has 0 unspecified atom stereocenters. The topological polar surface area (TPSA) is 48.2 Å². The Morgan fingerprint density at radius 1 is 0.920 bits per heavy atom. The summed E-state index contributed by atoms with van der Waals surface area (Å²) in [5.74, 6) is 1.79. The van der Waals surface area contributed by atoms with Crippen molar-refractivity contribution in [2.75, 3.05) is 6.61 Å². The van der Waals surface area contributed by atoms with Crippen molar-refractivity contribution in [1.29, 1.82) is 0 Å². The number of hydrogen-bond acceptors (Lipinski definition) is 4. The van der Waals surface area contributed by atoms with Gasteiger partial charge in [0.1, 0.15) is 12.4 Å². The van der Waals surface area contributed by atoms with E-state index in [2.05, 4.69) is 49.7 Å². The summed E-state index contributed by atoms with van der Waals surface area (Å²) in [6.45, 7) is 10.7. The zero-order valence-corrected chi connectivity index (χ0v) is 14.8. The van der Waals surface area contributed by atoms with Crippen LogP contribution in [-0.2, 0) is 5.41 Å². The lowest BCUT2D eigenvalue weighted by molar-refractivity contribution is 0.363. The van der Waals surface area contributed by atoms with Crippen molar-refractivity contribution in [2.45, 2.75) is 26.2 Å². The van der Waals surface area contributed by atoms with Gasteiger partial charge < -0.3 is 9.15 Å². The molecule has 0 aliphatic heterocycles. The Morgan fingerprint density at radius 3 is 1.92 bits per heavy atom. The number of hydrogen-bond donors (Lipinski definition) is 0. The van der Waals surface area contributed by atoms with Crippen molar-refractivity contribution in [3.63, 3.8) is 0 Å². The minimum Gasteiger partial charge on any atom is -0.490 e. The molecule has 0 N–H and O–H groups in total. The van der Waals surface area contributed by atoms with Crippen molar-refractivity contribution in [3.8, 4) is 28.7 Å². The summed E-state index contributed by atoms with van der Waals surface area (Å²) in [6.07, 6.45) is 1.71. The second-order valence-electron chi connectivity index (χ2n) is 6.86. The summed E-state index contributed by atoms with van der Waals surface area (Å²) in [5, 5.41) is 8.32. The van der Waals surface area contributed by atoms with Crippen LogP contribution in [0.25, 0.3) is 22.9 Å². The van der Waals surface area contributed by atoms with Gasteiger partial charge >= 0.3 is 0 Å². The molecular formula is C21H22N2O2. The summed E-state index contributed by atoms with van der Waals surface area (Å²) >= 11 is 0. The molecule has 0 bridgehead atoms. The first-order chi connectivity index (χ1) is 12.0. The lowest BCUT2D eigenvalue weighted by atomic mass is 9.87. The smallest absolute Gasteiger partial charge is 0.248 e. The molecule has 4 heteroatoms. The largest absolute Gasteiger partial charge is 0.490 e. The molecule has 1 aromatic heterocycles. The average molecular weight is 334 g/mol. The molecule has 0 fully saturated rings. The normalized spacial score (nSPS) is 11.3. The number of rotatable bonds is 5. The molecule has 4 nitrogen and oxygen atoms in total. The SMILES string of the molecule is C=CCOc1ccc(-c2nnc(-c3ccc(C(C)(C)C)cc3)o2)cc1. The molecule has 25 heavy (non-hydrogen) atoms. The van der Waals surface area contributed by atoms with Crippen molar-refractivity contribution < 1.29 is 9.15 Å². The minimum absolute atomic E-state index is 0.119. The maximum atomic E-state index is 5.82. The molecule has 0 atom stereocenters.